The maximum atomic E-state index is 13.6. The van der Waals surface area contributed by atoms with Gasteiger partial charge in [-0.2, -0.15) is 0 Å². The summed E-state index contributed by atoms with van der Waals surface area (Å²) in [6.45, 7) is 11.8. The van der Waals surface area contributed by atoms with Crippen LogP contribution in [0.15, 0.2) is 53.0 Å². The molecule has 1 aromatic heterocycles. The Morgan fingerprint density at radius 3 is 2.29 bits per heavy atom. The Morgan fingerprint density at radius 2 is 1.68 bits per heavy atom. The maximum absolute atomic E-state index is 13.6. The lowest BCUT2D eigenvalue weighted by Crippen LogP contribution is -2.48. The Morgan fingerprint density at radius 1 is 1.03 bits per heavy atom. The van der Waals surface area contributed by atoms with Crippen LogP contribution in [0.5, 0.6) is 0 Å². The minimum Gasteiger partial charge on any atom is -0.372 e. The summed E-state index contributed by atoms with van der Waals surface area (Å²) in [6, 6.07) is 16.3. The van der Waals surface area contributed by atoms with Crippen LogP contribution in [-0.4, -0.2) is 41.1 Å². The summed E-state index contributed by atoms with van der Waals surface area (Å²) in [5.74, 6) is 0.0278. The Hall–Kier alpha value is -2.24. The molecule has 162 valence electrons. The number of hydrogen-bond acceptors (Lipinski definition) is 3. The monoisotopic (exact) mass is 480 g/mol. The second kappa shape index (κ2) is 8.36. The fraction of sp³-hybridized carbons (Fsp3) is 0.385. The molecule has 4 rings (SSSR count). The summed E-state index contributed by atoms with van der Waals surface area (Å²) in [5.41, 5.74) is 4.69. The predicted octanol–water partition coefficient (Wildman–Crippen LogP) is 6.21. The van der Waals surface area contributed by atoms with Gasteiger partial charge in [-0.1, -0.05) is 61.0 Å². The van der Waals surface area contributed by atoms with Gasteiger partial charge in [-0.3, -0.25) is 4.79 Å². The Bertz CT molecular complexity index is 1110. The van der Waals surface area contributed by atoms with E-state index in [9.17, 15) is 4.79 Å². The minimum absolute atomic E-state index is 0.0250. The maximum Gasteiger partial charge on any atom is 0.254 e. The van der Waals surface area contributed by atoms with E-state index in [0.29, 0.717) is 18.7 Å². The molecular formula is C26H29BrN2O2. The zero-order valence-electron chi connectivity index (χ0n) is 18.8. The van der Waals surface area contributed by atoms with Crippen LogP contribution in [0.1, 0.15) is 50.5 Å². The number of aromatic nitrogens is 1. The van der Waals surface area contributed by atoms with E-state index in [-0.39, 0.29) is 23.5 Å². The number of hydrogen-bond donors (Lipinski definition) is 0. The minimum atomic E-state index is 0.0250. The number of ether oxygens (including phenoxy) is 1. The lowest BCUT2D eigenvalue weighted by Gasteiger charge is -2.35. The number of nitrogens with zero attached hydrogens (tertiary/aromatic N) is 2. The molecule has 0 spiro atoms. The molecule has 31 heavy (non-hydrogen) atoms. The van der Waals surface area contributed by atoms with E-state index in [4.69, 9.17) is 9.72 Å². The van der Waals surface area contributed by atoms with Gasteiger partial charge in [0, 0.05) is 28.5 Å². The molecule has 4 nitrogen and oxygen atoms in total. The lowest BCUT2D eigenvalue weighted by atomic mass is 9.86. The van der Waals surface area contributed by atoms with Crippen molar-refractivity contribution in [3.8, 4) is 11.3 Å². The first kappa shape index (κ1) is 22.0. The van der Waals surface area contributed by atoms with E-state index < -0.39 is 0 Å². The third kappa shape index (κ3) is 4.68. The fourth-order valence-corrected chi connectivity index (χ4v) is 4.54. The molecular weight excluding hydrogens is 452 g/mol. The highest BCUT2D eigenvalue weighted by Crippen LogP contribution is 2.30. The third-order valence-corrected chi connectivity index (χ3v) is 6.25. The summed E-state index contributed by atoms with van der Waals surface area (Å²) in [4.78, 5) is 20.4. The van der Waals surface area contributed by atoms with Crippen molar-refractivity contribution >= 4 is 32.7 Å². The summed E-state index contributed by atoms with van der Waals surface area (Å²) < 4.78 is 6.76. The molecule has 0 aliphatic carbocycles. The van der Waals surface area contributed by atoms with E-state index in [0.717, 1.165) is 26.6 Å². The van der Waals surface area contributed by atoms with E-state index in [1.807, 2.05) is 43.0 Å². The molecule has 1 amide bonds. The van der Waals surface area contributed by atoms with Crippen molar-refractivity contribution in [1.82, 2.24) is 9.88 Å². The van der Waals surface area contributed by atoms with Crippen LogP contribution < -0.4 is 0 Å². The number of pyridine rings is 1. The van der Waals surface area contributed by atoms with Crippen LogP contribution in [0.3, 0.4) is 0 Å². The SMILES string of the molecule is C[C@@H]1CN(C(=O)c2cc(-c3ccc(C(C)(C)C)cc3)nc3ccc(Br)cc23)C[C@@H](C)O1. The molecule has 0 radical (unpaired) electrons. The van der Waals surface area contributed by atoms with Crippen molar-refractivity contribution in [2.45, 2.75) is 52.2 Å². The van der Waals surface area contributed by atoms with Gasteiger partial charge in [-0.05, 0) is 49.1 Å². The summed E-state index contributed by atoms with van der Waals surface area (Å²) >= 11 is 3.55. The number of fused-ring (bicyclic) bond motifs is 1. The molecule has 1 aliphatic rings. The first-order valence-corrected chi connectivity index (χ1v) is 11.6. The Kier molecular flexibility index (Phi) is 5.93. The first-order chi connectivity index (χ1) is 14.6. The van der Waals surface area contributed by atoms with E-state index >= 15 is 0 Å². The van der Waals surface area contributed by atoms with E-state index in [2.05, 4.69) is 61.0 Å². The molecule has 2 heterocycles. The average Bonchev–Trinajstić information content (AvgIpc) is 2.71. The van der Waals surface area contributed by atoms with Crippen molar-refractivity contribution in [1.29, 1.82) is 0 Å². The molecule has 0 saturated carbocycles. The molecule has 1 aliphatic heterocycles. The molecule has 0 unspecified atom stereocenters. The van der Waals surface area contributed by atoms with Crippen LogP contribution in [-0.2, 0) is 10.2 Å². The predicted molar refractivity (Wildman–Crippen MR) is 129 cm³/mol. The van der Waals surface area contributed by atoms with Crippen molar-refractivity contribution in [3.05, 3.63) is 64.1 Å². The van der Waals surface area contributed by atoms with Crippen LogP contribution in [0.25, 0.3) is 22.2 Å². The molecule has 0 bridgehead atoms. The third-order valence-electron chi connectivity index (χ3n) is 5.75. The first-order valence-electron chi connectivity index (χ1n) is 10.8. The number of amides is 1. The summed E-state index contributed by atoms with van der Waals surface area (Å²) in [7, 11) is 0. The Labute approximate surface area is 192 Å². The normalized spacial score (nSPS) is 19.6. The molecule has 2 aromatic carbocycles. The molecule has 0 N–H and O–H groups in total. The number of benzene rings is 2. The highest BCUT2D eigenvalue weighted by molar-refractivity contribution is 9.10. The van der Waals surface area contributed by atoms with Crippen molar-refractivity contribution in [3.63, 3.8) is 0 Å². The van der Waals surface area contributed by atoms with Gasteiger partial charge in [0.25, 0.3) is 5.91 Å². The van der Waals surface area contributed by atoms with Gasteiger partial charge >= 0.3 is 0 Å². The van der Waals surface area contributed by atoms with Crippen molar-refractivity contribution in [2.24, 2.45) is 0 Å². The van der Waals surface area contributed by atoms with Crippen LogP contribution in [0.2, 0.25) is 0 Å². The van der Waals surface area contributed by atoms with Crippen molar-refractivity contribution in [2.75, 3.05) is 13.1 Å². The molecule has 3 aromatic rings. The number of rotatable bonds is 2. The number of carbonyl (C=O) groups is 1. The standard InChI is InChI=1S/C26H29BrN2O2/c1-16-14-29(15-17(2)31-16)25(30)22-13-24(28-23-11-10-20(27)12-21(22)23)18-6-8-19(9-7-18)26(3,4)5/h6-13,16-17H,14-15H2,1-5H3/t16-,17-/m1/s1. The van der Waals surface area contributed by atoms with Crippen molar-refractivity contribution < 1.29 is 9.53 Å². The van der Waals surface area contributed by atoms with Crippen LogP contribution in [0.4, 0.5) is 0 Å². The van der Waals surface area contributed by atoms with Gasteiger partial charge in [-0.15, -0.1) is 0 Å². The van der Waals surface area contributed by atoms with Gasteiger partial charge in [0.15, 0.2) is 0 Å². The number of carbonyl (C=O) groups excluding carboxylic acids is 1. The smallest absolute Gasteiger partial charge is 0.254 e. The van der Waals surface area contributed by atoms with E-state index in [1.165, 1.54) is 5.56 Å². The quantitative estimate of drug-likeness (QED) is 0.437. The zero-order valence-corrected chi connectivity index (χ0v) is 20.4. The summed E-state index contributed by atoms with van der Waals surface area (Å²) in [6.07, 6.45) is 0.0499. The average molecular weight is 481 g/mol. The number of morpholine rings is 1. The highest BCUT2D eigenvalue weighted by atomic mass is 79.9. The molecule has 5 heteroatoms. The summed E-state index contributed by atoms with van der Waals surface area (Å²) in [5, 5.41) is 0.862. The molecule has 1 fully saturated rings. The highest BCUT2D eigenvalue weighted by Gasteiger charge is 2.28. The fourth-order valence-electron chi connectivity index (χ4n) is 4.18. The molecule has 2 atom stereocenters. The Balaban J connectivity index is 1.80. The second-order valence-electron chi connectivity index (χ2n) is 9.51. The van der Waals surface area contributed by atoms with Crippen LogP contribution >= 0.6 is 15.9 Å². The van der Waals surface area contributed by atoms with Gasteiger partial charge in [0.2, 0.25) is 0 Å². The van der Waals surface area contributed by atoms with Gasteiger partial charge in [0.05, 0.1) is 29.0 Å². The van der Waals surface area contributed by atoms with Gasteiger partial charge < -0.3 is 9.64 Å². The second-order valence-corrected chi connectivity index (χ2v) is 10.4. The zero-order chi connectivity index (χ0) is 22.3. The largest absolute Gasteiger partial charge is 0.372 e. The van der Waals surface area contributed by atoms with E-state index in [1.54, 1.807) is 0 Å². The van der Waals surface area contributed by atoms with Gasteiger partial charge in [0.1, 0.15) is 0 Å². The molecule has 1 saturated heterocycles. The van der Waals surface area contributed by atoms with Crippen LogP contribution in [0, 0.1) is 0 Å². The topological polar surface area (TPSA) is 42.4 Å². The number of halogens is 1. The lowest BCUT2D eigenvalue weighted by molar-refractivity contribution is -0.0585. The van der Waals surface area contributed by atoms with Gasteiger partial charge in [-0.25, -0.2) is 4.98 Å².